The van der Waals surface area contributed by atoms with Crippen LogP contribution < -0.4 is 10.1 Å². The summed E-state index contributed by atoms with van der Waals surface area (Å²) in [5, 5.41) is 17.9. The van der Waals surface area contributed by atoms with E-state index >= 15 is 0 Å². The molecule has 2 heterocycles. The van der Waals surface area contributed by atoms with Crippen molar-refractivity contribution in [2.75, 3.05) is 20.7 Å². The number of ether oxygens (including phenoxy) is 1. The van der Waals surface area contributed by atoms with Gasteiger partial charge in [0.1, 0.15) is 17.6 Å². The van der Waals surface area contributed by atoms with E-state index in [9.17, 15) is 24.0 Å². The Bertz CT molecular complexity index is 1530. The number of nitrogens with zero attached hydrogens (tertiary/aromatic N) is 5. The molecule has 2 N–H and O–H groups in total. The number of azo groups is 1. The Morgan fingerprint density at radius 1 is 1.02 bits per heavy atom. The second kappa shape index (κ2) is 14.4. The lowest BCUT2D eigenvalue weighted by Crippen LogP contribution is -2.54. The number of amides is 5. The fraction of sp³-hybridized carbons (Fsp3) is 0.387. The van der Waals surface area contributed by atoms with Crippen molar-refractivity contribution in [2.45, 2.75) is 58.0 Å². The number of amidine groups is 2. The van der Waals surface area contributed by atoms with Crippen molar-refractivity contribution in [3.05, 3.63) is 64.7 Å². The second-order valence-electron chi connectivity index (χ2n) is 10.5. The summed E-state index contributed by atoms with van der Waals surface area (Å²) in [7, 11) is 2.95. The highest BCUT2D eigenvalue weighted by Gasteiger charge is 2.47. The van der Waals surface area contributed by atoms with Crippen LogP contribution in [0.1, 0.15) is 77.3 Å². The smallest absolute Gasteiger partial charge is 0.266 e. The first kappa shape index (κ1) is 31.9. The van der Waals surface area contributed by atoms with Crippen molar-refractivity contribution in [3.8, 4) is 5.75 Å². The van der Waals surface area contributed by atoms with Gasteiger partial charge in [0.2, 0.25) is 11.8 Å². The Hall–Kier alpha value is -5.07. The predicted molar refractivity (Wildman–Crippen MR) is 161 cm³/mol. The summed E-state index contributed by atoms with van der Waals surface area (Å²) in [4.78, 5) is 69.1. The van der Waals surface area contributed by atoms with Gasteiger partial charge in [-0.1, -0.05) is 30.3 Å². The maximum atomic E-state index is 13.2. The highest BCUT2D eigenvalue weighted by atomic mass is 16.5. The molecule has 2 aliphatic rings. The number of likely N-dealkylation sites (N-methyl/N-ethyl adjacent to an activating group) is 1. The molecule has 4 rings (SSSR count). The quantitative estimate of drug-likeness (QED) is 0.131. The zero-order valence-corrected chi connectivity index (χ0v) is 25.0. The van der Waals surface area contributed by atoms with E-state index in [4.69, 9.17) is 10.1 Å². The number of likely N-dealkylation sites (tertiary alicyclic amines) is 1. The van der Waals surface area contributed by atoms with Gasteiger partial charge in [-0.05, 0) is 50.3 Å². The molecule has 230 valence electrons. The van der Waals surface area contributed by atoms with Crippen LogP contribution in [0.15, 0.2) is 57.7 Å². The summed E-state index contributed by atoms with van der Waals surface area (Å²) in [6.45, 7) is 2.19. The number of unbranched alkanes of at least 4 members (excludes halogenated alkanes) is 2. The topological polar surface area (TPSA) is 174 Å². The van der Waals surface area contributed by atoms with Gasteiger partial charge in [-0.2, -0.15) is 0 Å². The third kappa shape index (κ3) is 7.28. The van der Waals surface area contributed by atoms with E-state index in [1.165, 1.54) is 20.0 Å². The van der Waals surface area contributed by atoms with E-state index < -0.39 is 23.8 Å². The molecule has 2 aromatic carbocycles. The highest BCUT2D eigenvalue weighted by Crippen LogP contribution is 2.34. The molecule has 0 spiro atoms. The van der Waals surface area contributed by atoms with E-state index in [0.717, 1.165) is 27.3 Å². The average molecular weight is 602 g/mol. The number of carbonyl (C=O) groups is 5. The Labute approximate surface area is 254 Å². The number of carbonyl (C=O) groups excluding carboxylic acids is 5. The summed E-state index contributed by atoms with van der Waals surface area (Å²) in [5.74, 6) is -1.39. The minimum Gasteiger partial charge on any atom is -0.493 e. The van der Waals surface area contributed by atoms with Crippen LogP contribution >= 0.6 is 0 Å². The maximum absolute atomic E-state index is 13.2. The van der Waals surface area contributed by atoms with E-state index in [1.807, 2.05) is 24.3 Å². The Kier molecular flexibility index (Phi) is 10.4. The molecular weight excluding hydrogens is 566 g/mol. The van der Waals surface area contributed by atoms with Crippen LogP contribution in [-0.2, 0) is 20.9 Å². The number of aliphatic imine (C=N–C) groups is 1. The molecule has 13 nitrogen and oxygen atoms in total. The molecular formula is C31H35N7O6. The largest absolute Gasteiger partial charge is 0.493 e. The van der Waals surface area contributed by atoms with Crippen LogP contribution in [-0.4, -0.2) is 77.8 Å². The van der Waals surface area contributed by atoms with Crippen LogP contribution in [0.3, 0.4) is 0 Å². The zero-order chi connectivity index (χ0) is 31.8. The molecule has 1 unspecified atom stereocenters. The Balaban J connectivity index is 1.20. The van der Waals surface area contributed by atoms with Gasteiger partial charge in [-0.25, -0.2) is 0 Å². The molecule has 0 bridgehead atoms. The number of benzene rings is 2. The molecule has 1 saturated heterocycles. The summed E-state index contributed by atoms with van der Waals surface area (Å²) in [6.07, 6.45) is 2.52. The first-order chi connectivity index (χ1) is 21.1. The summed E-state index contributed by atoms with van der Waals surface area (Å²) >= 11 is 0. The first-order valence-electron chi connectivity index (χ1n) is 14.4. The molecule has 0 aliphatic carbocycles. The van der Waals surface area contributed by atoms with Gasteiger partial charge in [-0.15, -0.1) is 10.2 Å². The number of piperidine rings is 1. The van der Waals surface area contributed by atoms with Crippen molar-refractivity contribution >= 4 is 41.2 Å². The number of rotatable bonds is 11. The normalized spacial score (nSPS) is 17.0. The van der Waals surface area contributed by atoms with Gasteiger partial charge in [0.15, 0.2) is 5.84 Å². The first-order valence-corrected chi connectivity index (χ1v) is 14.4. The molecule has 1 atom stereocenters. The molecule has 5 amide bonds. The Morgan fingerprint density at radius 2 is 1.77 bits per heavy atom. The van der Waals surface area contributed by atoms with Crippen molar-refractivity contribution in [3.63, 3.8) is 0 Å². The van der Waals surface area contributed by atoms with E-state index in [0.29, 0.717) is 31.6 Å². The monoisotopic (exact) mass is 601 g/mol. The predicted octanol–water partition coefficient (Wildman–Crippen LogP) is 3.51. The minimum atomic E-state index is -1.02. The number of imide groups is 2. The average Bonchev–Trinajstić information content (AvgIpc) is 3.27. The lowest BCUT2D eigenvalue weighted by Gasteiger charge is -2.32. The number of hydrogen-bond donors (Lipinski definition) is 2. The van der Waals surface area contributed by atoms with Gasteiger partial charge >= 0.3 is 0 Å². The molecule has 0 aromatic heterocycles. The number of hydrogen-bond acceptors (Lipinski definition) is 8. The zero-order valence-electron chi connectivity index (χ0n) is 25.0. The fourth-order valence-electron chi connectivity index (χ4n) is 4.97. The molecule has 13 heteroatoms. The molecule has 0 saturated carbocycles. The molecule has 2 aromatic rings. The highest BCUT2D eigenvalue weighted by molar-refractivity contribution is 6.24. The standard InChI is InChI=1S/C31H35N7O6/c1-19(32)35-36-28(33-2)21-13-11-20(12-14-21)18-34-25(39)10-5-4-6-17-44-24-9-7-8-22-27(24)31(43)38(29(22)41)23-15-16-26(40)37(3)30(23)42/h7-9,11-14,23,32H,4-6,10,15-18H2,1-3H3,(H,34,39)/b32-19?,33-28-,36-35-. The molecule has 2 aliphatic heterocycles. The van der Waals surface area contributed by atoms with Gasteiger partial charge in [-0.3, -0.25) is 44.2 Å². The van der Waals surface area contributed by atoms with Crippen LogP contribution in [0, 0.1) is 5.41 Å². The summed E-state index contributed by atoms with van der Waals surface area (Å²) in [5.41, 5.74) is 1.98. The van der Waals surface area contributed by atoms with Crippen LogP contribution in [0.2, 0.25) is 0 Å². The number of fused-ring (bicyclic) bond motifs is 1. The van der Waals surface area contributed by atoms with E-state index in [-0.39, 0.29) is 54.0 Å². The van der Waals surface area contributed by atoms with Crippen LogP contribution in [0.25, 0.3) is 0 Å². The third-order valence-corrected chi connectivity index (χ3v) is 7.36. The van der Waals surface area contributed by atoms with E-state index in [2.05, 4.69) is 20.5 Å². The van der Waals surface area contributed by atoms with Crippen LogP contribution in [0.4, 0.5) is 0 Å². The lowest BCUT2D eigenvalue weighted by atomic mass is 10.0. The van der Waals surface area contributed by atoms with Crippen molar-refractivity contribution in [2.24, 2.45) is 15.2 Å². The van der Waals surface area contributed by atoms with Crippen LogP contribution in [0.5, 0.6) is 5.75 Å². The fourth-order valence-corrected chi connectivity index (χ4v) is 4.97. The van der Waals surface area contributed by atoms with Crippen molar-refractivity contribution < 1.29 is 28.7 Å². The third-order valence-electron chi connectivity index (χ3n) is 7.36. The minimum absolute atomic E-state index is 0.0734. The van der Waals surface area contributed by atoms with Gasteiger partial charge in [0.25, 0.3) is 17.7 Å². The Morgan fingerprint density at radius 3 is 2.48 bits per heavy atom. The maximum Gasteiger partial charge on any atom is 0.266 e. The molecule has 0 radical (unpaired) electrons. The molecule has 44 heavy (non-hydrogen) atoms. The number of nitrogens with one attached hydrogen (secondary N) is 2. The van der Waals surface area contributed by atoms with Gasteiger partial charge in [0, 0.05) is 39.0 Å². The van der Waals surface area contributed by atoms with Crippen molar-refractivity contribution in [1.82, 2.24) is 15.1 Å². The SMILES string of the molecule is C/N=C(\N=N/C(C)=N)c1ccc(CNC(=O)CCCCCOc2cccc3c2C(=O)N(C2CCC(=O)N(C)C2=O)C3=O)cc1. The summed E-state index contributed by atoms with van der Waals surface area (Å²) in [6, 6.07) is 11.2. The van der Waals surface area contributed by atoms with Gasteiger partial charge in [0.05, 0.1) is 17.7 Å². The van der Waals surface area contributed by atoms with E-state index in [1.54, 1.807) is 19.2 Å². The van der Waals surface area contributed by atoms with Gasteiger partial charge < -0.3 is 10.1 Å². The van der Waals surface area contributed by atoms with Crippen molar-refractivity contribution in [1.29, 1.82) is 5.41 Å². The lowest BCUT2D eigenvalue weighted by molar-refractivity contribution is -0.149. The summed E-state index contributed by atoms with van der Waals surface area (Å²) < 4.78 is 5.86. The molecule has 1 fully saturated rings. The second-order valence-corrected chi connectivity index (χ2v) is 10.5.